The van der Waals surface area contributed by atoms with Crippen molar-refractivity contribution in [2.24, 2.45) is 0 Å². The van der Waals surface area contributed by atoms with E-state index in [1.807, 2.05) is 54.6 Å². The van der Waals surface area contributed by atoms with Gasteiger partial charge in [-0.05, 0) is 65.1 Å². The molecule has 4 rings (SSSR count). The first-order valence-electron chi connectivity index (χ1n) is 10.0. The summed E-state index contributed by atoms with van der Waals surface area (Å²) in [4.78, 5) is 0. The minimum Gasteiger partial charge on any atom is -0.508 e. The van der Waals surface area contributed by atoms with Crippen LogP contribution in [0.2, 0.25) is 0 Å². The van der Waals surface area contributed by atoms with Crippen molar-refractivity contribution in [3.8, 4) is 17.2 Å². The summed E-state index contributed by atoms with van der Waals surface area (Å²) in [5.41, 5.74) is 4.52. The van der Waals surface area contributed by atoms with E-state index in [1.54, 1.807) is 36.4 Å². The van der Waals surface area contributed by atoms with Crippen molar-refractivity contribution < 1.29 is 15.3 Å². The molecule has 1 unspecified atom stereocenters. The van der Waals surface area contributed by atoms with Gasteiger partial charge in [-0.3, -0.25) is 0 Å². The smallest absolute Gasteiger partial charge is 0.115 e. The minimum atomic E-state index is 0.0604. The van der Waals surface area contributed by atoms with Crippen LogP contribution in [0.3, 0.4) is 0 Å². The van der Waals surface area contributed by atoms with Crippen LogP contribution in [-0.4, -0.2) is 15.3 Å². The van der Waals surface area contributed by atoms with Crippen LogP contribution in [0.15, 0.2) is 103 Å². The first-order chi connectivity index (χ1) is 14.6. The van der Waals surface area contributed by atoms with Crippen molar-refractivity contribution in [1.82, 2.24) is 0 Å². The Labute approximate surface area is 176 Å². The topological polar surface area (TPSA) is 60.7 Å². The Hall–Kier alpha value is -3.72. The maximum Gasteiger partial charge on any atom is 0.115 e. The van der Waals surface area contributed by atoms with Gasteiger partial charge in [-0.1, -0.05) is 66.7 Å². The zero-order valence-corrected chi connectivity index (χ0v) is 16.5. The number of aromatic hydroxyl groups is 3. The highest BCUT2D eigenvalue weighted by molar-refractivity contribution is 5.41. The Morgan fingerprint density at radius 2 is 0.700 bits per heavy atom. The molecule has 30 heavy (non-hydrogen) atoms. The van der Waals surface area contributed by atoms with Gasteiger partial charge in [0.15, 0.2) is 0 Å². The fourth-order valence-electron chi connectivity index (χ4n) is 3.97. The lowest BCUT2D eigenvalue weighted by molar-refractivity contribution is 0.474. The van der Waals surface area contributed by atoms with Gasteiger partial charge in [-0.15, -0.1) is 0 Å². The van der Waals surface area contributed by atoms with Gasteiger partial charge in [0, 0.05) is 11.8 Å². The summed E-state index contributed by atoms with van der Waals surface area (Å²) in [5.74, 6) is 0.895. The highest BCUT2D eigenvalue weighted by Gasteiger charge is 2.23. The van der Waals surface area contributed by atoms with Crippen LogP contribution in [0.4, 0.5) is 0 Å². The lowest BCUT2D eigenvalue weighted by Gasteiger charge is -2.26. The van der Waals surface area contributed by atoms with Gasteiger partial charge in [-0.2, -0.15) is 0 Å². The number of phenols is 3. The summed E-state index contributed by atoms with van der Waals surface area (Å²) in [7, 11) is 0. The molecule has 0 aliphatic heterocycles. The maximum atomic E-state index is 9.75. The molecule has 4 aromatic carbocycles. The van der Waals surface area contributed by atoms with Crippen LogP contribution < -0.4 is 0 Å². The van der Waals surface area contributed by atoms with Gasteiger partial charge in [0.25, 0.3) is 0 Å². The first kappa shape index (κ1) is 19.6. The highest BCUT2D eigenvalue weighted by atomic mass is 16.3. The summed E-state index contributed by atoms with van der Waals surface area (Å²) < 4.78 is 0. The molecule has 0 saturated heterocycles. The van der Waals surface area contributed by atoms with E-state index < -0.39 is 0 Å². The van der Waals surface area contributed by atoms with E-state index in [0.29, 0.717) is 0 Å². The Balaban J connectivity index is 1.78. The monoisotopic (exact) mass is 396 g/mol. The van der Waals surface area contributed by atoms with Crippen molar-refractivity contribution in [2.75, 3.05) is 0 Å². The zero-order chi connectivity index (χ0) is 20.9. The highest BCUT2D eigenvalue weighted by Crippen LogP contribution is 2.39. The molecule has 0 saturated carbocycles. The number of benzene rings is 4. The third-order valence-corrected chi connectivity index (χ3v) is 5.56. The first-order valence-corrected chi connectivity index (χ1v) is 10.0. The molecule has 4 aromatic rings. The summed E-state index contributed by atoms with van der Waals surface area (Å²) in [6.07, 6.45) is 0.796. The molecule has 0 fully saturated rings. The molecule has 0 aliphatic carbocycles. The maximum absolute atomic E-state index is 9.75. The summed E-state index contributed by atoms with van der Waals surface area (Å²) in [6.45, 7) is 0. The van der Waals surface area contributed by atoms with Gasteiger partial charge in [-0.25, -0.2) is 0 Å². The molecular formula is C27H24O3. The molecule has 0 amide bonds. The Morgan fingerprint density at radius 3 is 1.03 bits per heavy atom. The lowest BCUT2D eigenvalue weighted by atomic mass is 9.78. The van der Waals surface area contributed by atoms with E-state index in [1.165, 1.54) is 5.56 Å². The number of hydrogen-bond donors (Lipinski definition) is 3. The van der Waals surface area contributed by atoms with Gasteiger partial charge in [0.1, 0.15) is 17.2 Å². The molecule has 0 bridgehead atoms. The second kappa shape index (κ2) is 8.75. The quantitative estimate of drug-likeness (QED) is 0.366. The lowest BCUT2D eigenvalue weighted by Crippen LogP contribution is -2.10. The van der Waals surface area contributed by atoms with Gasteiger partial charge in [0.2, 0.25) is 0 Å². The number of phenolic OH excluding ortho intramolecular Hbond substituents is 3. The molecule has 1 atom stereocenters. The van der Waals surface area contributed by atoms with Crippen LogP contribution in [0.1, 0.15) is 40.5 Å². The molecule has 3 heteroatoms. The second-order valence-electron chi connectivity index (χ2n) is 7.53. The van der Waals surface area contributed by atoms with E-state index >= 15 is 0 Å². The van der Waals surface area contributed by atoms with E-state index in [-0.39, 0.29) is 29.1 Å². The fraction of sp³-hybridized carbons (Fsp3) is 0.111. The molecule has 0 spiro atoms. The van der Waals surface area contributed by atoms with E-state index in [0.717, 1.165) is 23.1 Å². The van der Waals surface area contributed by atoms with Crippen LogP contribution in [0.5, 0.6) is 17.2 Å². The Morgan fingerprint density at radius 1 is 0.400 bits per heavy atom. The van der Waals surface area contributed by atoms with Crippen LogP contribution in [0.25, 0.3) is 0 Å². The number of rotatable bonds is 6. The van der Waals surface area contributed by atoms with Gasteiger partial charge < -0.3 is 15.3 Å². The van der Waals surface area contributed by atoms with Crippen LogP contribution in [0, 0.1) is 0 Å². The van der Waals surface area contributed by atoms with E-state index in [9.17, 15) is 15.3 Å². The summed E-state index contributed by atoms with van der Waals surface area (Å²) in [5, 5.41) is 29.3. The van der Waals surface area contributed by atoms with E-state index in [2.05, 4.69) is 12.1 Å². The third kappa shape index (κ3) is 4.47. The summed E-state index contributed by atoms with van der Waals surface area (Å²) in [6, 6.07) is 32.4. The molecule has 0 aromatic heterocycles. The molecule has 0 heterocycles. The third-order valence-electron chi connectivity index (χ3n) is 5.56. The van der Waals surface area contributed by atoms with Crippen molar-refractivity contribution in [3.63, 3.8) is 0 Å². The minimum absolute atomic E-state index is 0.0604. The fourth-order valence-corrected chi connectivity index (χ4v) is 3.97. The Bertz CT molecular complexity index is 1020. The second-order valence-corrected chi connectivity index (χ2v) is 7.53. The van der Waals surface area contributed by atoms with Gasteiger partial charge >= 0.3 is 0 Å². The Kier molecular flexibility index (Phi) is 5.71. The van der Waals surface area contributed by atoms with Crippen molar-refractivity contribution >= 4 is 0 Å². The predicted octanol–water partition coefficient (Wildman–Crippen LogP) is 6.16. The van der Waals surface area contributed by atoms with Crippen molar-refractivity contribution in [2.45, 2.75) is 18.3 Å². The largest absolute Gasteiger partial charge is 0.508 e. The van der Waals surface area contributed by atoms with Crippen LogP contribution in [-0.2, 0) is 0 Å². The predicted molar refractivity (Wildman–Crippen MR) is 119 cm³/mol. The molecular weight excluding hydrogens is 372 g/mol. The standard InChI is InChI=1S/C27H24O3/c28-23-12-6-20(7-13-23)26(19-4-2-1-3-5-19)18-27(21-8-14-24(29)15-9-21)22-10-16-25(30)17-11-22/h1-17,26-30H,18H2. The zero-order valence-electron chi connectivity index (χ0n) is 16.5. The molecule has 0 aliphatic rings. The SMILES string of the molecule is Oc1ccc(C(CC(c2ccc(O)cc2)c2ccc(O)cc2)c2ccccc2)cc1. The molecule has 0 radical (unpaired) electrons. The van der Waals surface area contributed by atoms with E-state index in [4.69, 9.17) is 0 Å². The molecule has 3 nitrogen and oxygen atoms in total. The number of hydrogen-bond acceptors (Lipinski definition) is 3. The molecule has 3 N–H and O–H groups in total. The molecule has 150 valence electrons. The summed E-state index contributed by atoms with van der Waals surface area (Å²) >= 11 is 0. The van der Waals surface area contributed by atoms with Crippen LogP contribution >= 0.6 is 0 Å². The van der Waals surface area contributed by atoms with Crippen molar-refractivity contribution in [3.05, 3.63) is 125 Å². The average molecular weight is 396 g/mol. The van der Waals surface area contributed by atoms with Crippen molar-refractivity contribution in [1.29, 1.82) is 0 Å². The average Bonchev–Trinajstić information content (AvgIpc) is 2.78. The van der Waals surface area contributed by atoms with Gasteiger partial charge in [0.05, 0.1) is 0 Å². The normalized spacial score (nSPS) is 12.0.